The Labute approximate surface area is 358 Å². The summed E-state index contributed by atoms with van der Waals surface area (Å²) in [4.78, 5) is 28.5. The summed E-state index contributed by atoms with van der Waals surface area (Å²) in [6.45, 7) is 25.1. The normalized spacial score (nSPS) is 10.4. The Morgan fingerprint density at radius 2 is 0.965 bits per heavy atom. The minimum Gasteiger partial charge on any atom is -0.472 e. The van der Waals surface area contributed by atoms with Gasteiger partial charge in [-0.1, -0.05) is 112 Å². The molecule has 0 saturated carbocycles. The van der Waals surface area contributed by atoms with Crippen LogP contribution in [-0.2, 0) is 0 Å². The van der Waals surface area contributed by atoms with Crippen molar-refractivity contribution < 1.29 is 8.81 Å². The Kier molecular flexibility index (Phi) is 25.3. The highest BCUT2D eigenvalue weighted by Crippen LogP contribution is 2.15. The topological polar surface area (TPSA) is 103 Å². The number of halogens is 4. The first kappa shape index (κ1) is 50.9. The molecule has 0 aliphatic rings. The van der Waals surface area contributed by atoms with Crippen molar-refractivity contribution in [3.8, 4) is 0 Å². The molecular formula is C45H59BrCl2FN7O. The van der Waals surface area contributed by atoms with E-state index in [1.807, 2.05) is 70.3 Å². The fourth-order valence-electron chi connectivity index (χ4n) is 4.02. The lowest BCUT2D eigenvalue weighted by atomic mass is 10.1. The smallest absolute Gasteiger partial charge is 0.141 e. The molecule has 0 radical (unpaired) electrons. The summed E-state index contributed by atoms with van der Waals surface area (Å²) < 4.78 is 18.1. The molecular weight excluding hydrogens is 824 g/mol. The van der Waals surface area contributed by atoms with Gasteiger partial charge in [-0.25, -0.2) is 24.3 Å². The molecule has 6 heterocycles. The van der Waals surface area contributed by atoms with E-state index in [0.717, 1.165) is 33.2 Å². The van der Waals surface area contributed by atoms with Crippen LogP contribution >= 0.6 is 39.1 Å². The summed E-state index contributed by atoms with van der Waals surface area (Å²) in [6.07, 6.45) is 15.0. The first-order valence-electron chi connectivity index (χ1n) is 19.0. The van der Waals surface area contributed by atoms with Crippen LogP contribution in [0.15, 0.2) is 113 Å². The highest BCUT2D eigenvalue weighted by atomic mass is 79.9. The minimum absolute atomic E-state index is 0.274. The maximum Gasteiger partial charge on any atom is 0.141 e. The predicted octanol–water partition coefficient (Wildman–Crippen LogP) is 14.4. The van der Waals surface area contributed by atoms with Crippen LogP contribution in [0.2, 0.25) is 10.0 Å². The van der Waals surface area contributed by atoms with Crippen LogP contribution in [0.5, 0.6) is 0 Å². The van der Waals surface area contributed by atoms with Crippen LogP contribution in [0.1, 0.15) is 153 Å². The van der Waals surface area contributed by atoms with Crippen molar-refractivity contribution in [3.63, 3.8) is 0 Å². The molecule has 0 saturated heterocycles. The van der Waals surface area contributed by atoms with Crippen molar-refractivity contribution in [1.82, 2.24) is 34.9 Å². The van der Waals surface area contributed by atoms with E-state index in [1.165, 1.54) is 17.8 Å². The van der Waals surface area contributed by atoms with E-state index in [9.17, 15) is 4.39 Å². The SMILES string of the molecule is CC(C)c1ccc(Cl)cn1.CC(C)c1ccc(F)cn1.CC(C)c1ccccn1.CC(C)c1ccoc1.CC(C)c1ncc(Br)cn1.CC(C)c1ncc(Cl)cn1. The summed E-state index contributed by atoms with van der Waals surface area (Å²) in [5.41, 5.74) is 4.45. The molecule has 308 valence electrons. The molecule has 0 atom stereocenters. The Hall–Kier alpha value is -4.12. The molecule has 0 aliphatic heterocycles. The second-order valence-electron chi connectivity index (χ2n) is 14.6. The number of aromatic nitrogens is 7. The fraction of sp³-hybridized carbons (Fsp3) is 0.400. The number of hydrogen-bond acceptors (Lipinski definition) is 8. The first-order chi connectivity index (χ1) is 26.9. The van der Waals surface area contributed by atoms with Crippen LogP contribution in [0.4, 0.5) is 4.39 Å². The van der Waals surface area contributed by atoms with Gasteiger partial charge in [-0.3, -0.25) is 15.0 Å². The third kappa shape index (κ3) is 23.0. The third-order valence-corrected chi connectivity index (χ3v) is 8.31. The van der Waals surface area contributed by atoms with Crippen LogP contribution < -0.4 is 0 Å². The third-order valence-electron chi connectivity index (χ3n) is 7.49. The second kappa shape index (κ2) is 28.3. The molecule has 6 aromatic heterocycles. The van der Waals surface area contributed by atoms with Crippen LogP contribution in [0, 0.1) is 5.82 Å². The van der Waals surface area contributed by atoms with Crippen LogP contribution in [0.25, 0.3) is 0 Å². The van der Waals surface area contributed by atoms with Gasteiger partial charge >= 0.3 is 0 Å². The van der Waals surface area contributed by atoms with Gasteiger partial charge in [0, 0.05) is 66.1 Å². The number of furan rings is 1. The largest absolute Gasteiger partial charge is 0.472 e. The maximum atomic E-state index is 12.3. The number of pyridine rings is 3. The quantitative estimate of drug-likeness (QED) is 0.163. The standard InChI is InChI=1S/C8H10ClN.C8H10FN.C8H11N.C7H9BrN2.C7H9ClN2.C7H10O/c2*1-6(2)8-4-3-7(9)5-10-8;1-7(2)8-5-3-4-6-9-8;2*1-5(2)7-9-3-6(8)4-10-7;1-6(2)7-3-4-8-5-7/h2*3-6H,1-2H3;3-7H,1-2H3;2*3-5H,1-2H3;3-6H,1-2H3. The molecule has 0 spiro atoms. The fourth-order valence-corrected chi connectivity index (χ4v) is 4.43. The summed E-state index contributed by atoms with van der Waals surface area (Å²) in [7, 11) is 0. The average Bonchev–Trinajstić information content (AvgIpc) is 3.74. The van der Waals surface area contributed by atoms with E-state index in [0.29, 0.717) is 45.6 Å². The number of hydrogen-bond donors (Lipinski definition) is 0. The zero-order valence-electron chi connectivity index (χ0n) is 35.3. The molecule has 0 amide bonds. The van der Waals surface area contributed by atoms with Crippen molar-refractivity contribution in [1.29, 1.82) is 0 Å². The minimum atomic E-state index is -0.274. The lowest BCUT2D eigenvalue weighted by Crippen LogP contribution is -1.94. The van der Waals surface area contributed by atoms with Gasteiger partial charge in [0.05, 0.1) is 33.2 Å². The lowest BCUT2D eigenvalue weighted by Gasteiger charge is -2.01. The van der Waals surface area contributed by atoms with Crippen molar-refractivity contribution in [2.24, 2.45) is 0 Å². The molecule has 6 rings (SSSR count). The van der Waals surface area contributed by atoms with E-state index < -0.39 is 0 Å². The average molecular weight is 884 g/mol. The van der Waals surface area contributed by atoms with Crippen LogP contribution in [0.3, 0.4) is 0 Å². The van der Waals surface area contributed by atoms with Gasteiger partial charge in [-0.15, -0.1) is 0 Å². The molecule has 0 bridgehead atoms. The monoisotopic (exact) mass is 881 g/mol. The first-order valence-corrected chi connectivity index (χ1v) is 20.6. The Morgan fingerprint density at radius 3 is 1.30 bits per heavy atom. The second-order valence-corrected chi connectivity index (χ2v) is 16.3. The van der Waals surface area contributed by atoms with Gasteiger partial charge in [-0.05, 0) is 87.6 Å². The number of nitrogens with zero attached hydrogens (tertiary/aromatic N) is 7. The highest BCUT2D eigenvalue weighted by Gasteiger charge is 2.02. The van der Waals surface area contributed by atoms with Gasteiger partial charge in [0.15, 0.2) is 0 Å². The van der Waals surface area contributed by atoms with Gasteiger partial charge in [0.1, 0.15) is 17.5 Å². The summed E-state index contributed by atoms with van der Waals surface area (Å²) >= 11 is 14.5. The highest BCUT2D eigenvalue weighted by molar-refractivity contribution is 9.10. The van der Waals surface area contributed by atoms with E-state index in [4.69, 9.17) is 27.6 Å². The molecule has 57 heavy (non-hydrogen) atoms. The van der Waals surface area contributed by atoms with Crippen molar-refractivity contribution >= 4 is 39.1 Å². The molecule has 0 N–H and O–H groups in total. The van der Waals surface area contributed by atoms with Crippen LogP contribution in [-0.4, -0.2) is 34.9 Å². The number of rotatable bonds is 6. The molecule has 8 nitrogen and oxygen atoms in total. The van der Waals surface area contributed by atoms with E-state index in [2.05, 4.69) is 106 Å². The van der Waals surface area contributed by atoms with Gasteiger partial charge in [0.2, 0.25) is 0 Å². The zero-order valence-corrected chi connectivity index (χ0v) is 38.4. The van der Waals surface area contributed by atoms with E-state index in [1.54, 1.807) is 49.6 Å². The predicted molar refractivity (Wildman–Crippen MR) is 238 cm³/mol. The van der Waals surface area contributed by atoms with Gasteiger partial charge in [-0.2, -0.15) is 0 Å². The summed E-state index contributed by atoms with van der Waals surface area (Å²) in [6, 6.07) is 14.9. The Bertz CT molecular complexity index is 1660. The summed E-state index contributed by atoms with van der Waals surface area (Å²) in [5, 5.41) is 1.29. The maximum absolute atomic E-state index is 12.3. The van der Waals surface area contributed by atoms with E-state index in [-0.39, 0.29) is 5.82 Å². The zero-order chi connectivity index (χ0) is 42.9. The van der Waals surface area contributed by atoms with Gasteiger partial charge < -0.3 is 4.42 Å². The van der Waals surface area contributed by atoms with E-state index >= 15 is 0 Å². The molecule has 6 aromatic rings. The molecule has 0 unspecified atom stereocenters. The molecule has 0 aromatic carbocycles. The summed E-state index contributed by atoms with van der Waals surface area (Å²) in [5.74, 6) is 4.24. The Morgan fingerprint density at radius 1 is 0.491 bits per heavy atom. The van der Waals surface area contributed by atoms with Crippen molar-refractivity contribution in [2.75, 3.05) is 0 Å². The molecule has 0 aliphatic carbocycles. The molecule has 12 heteroatoms. The Balaban J connectivity index is 0.000000343. The van der Waals surface area contributed by atoms with Crippen molar-refractivity contribution in [2.45, 2.75) is 119 Å². The van der Waals surface area contributed by atoms with Crippen molar-refractivity contribution in [3.05, 3.63) is 159 Å². The van der Waals surface area contributed by atoms with Gasteiger partial charge in [0.25, 0.3) is 0 Å². The molecule has 0 fully saturated rings. The lowest BCUT2D eigenvalue weighted by molar-refractivity contribution is 0.562.